The molecule has 0 unspecified atom stereocenters. The van der Waals surface area contributed by atoms with E-state index in [0.717, 1.165) is 14.2 Å². The summed E-state index contributed by atoms with van der Waals surface area (Å²) in [5.41, 5.74) is 5.69. The van der Waals surface area contributed by atoms with E-state index in [-0.39, 0.29) is 6.42 Å². The third-order valence-electron chi connectivity index (χ3n) is 3.84. The minimum atomic E-state index is -1.45. The number of halogens is 1. The standard InChI is InChI=1S/C17H21FN2O6/c1-9(13(16(23)25-2)17(24)26-3)14(15(19)22)20-12(21)8-10-5-4-6-11(18)7-10/h4-7,9,13-14H,8H2,1-3H3,(H2,19,22)(H,20,21)/t9-,14+/m1/s1. The summed E-state index contributed by atoms with van der Waals surface area (Å²) in [5.74, 6) is -6.39. The second-order valence-electron chi connectivity index (χ2n) is 5.64. The molecule has 0 fully saturated rings. The molecule has 0 aliphatic heterocycles. The lowest BCUT2D eigenvalue weighted by Gasteiger charge is -2.26. The van der Waals surface area contributed by atoms with Crippen LogP contribution in [0.25, 0.3) is 0 Å². The predicted molar refractivity (Wildman–Crippen MR) is 87.9 cm³/mol. The lowest BCUT2D eigenvalue weighted by atomic mass is 9.86. The fraction of sp³-hybridized carbons (Fsp3) is 0.412. The first kappa shape index (κ1) is 21.1. The van der Waals surface area contributed by atoms with Crippen LogP contribution in [0, 0.1) is 17.7 Å². The number of primary amides is 1. The first-order valence-corrected chi connectivity index (χ1v) is 7.70. The average Bonchev–Trinajstić information content (AvgIpc) is 2.58. The van der Waals surface area contributed by atoms with Gasteiger partial charge in [-0.25, -0.2) is 4.39 Å². The molecule has 1 aromatic rings. The fourth-order valence-electron chi connectivity index (χ4n) is 2.49. The highest BCUT2D eigenvalue weighted by Gasteiger charge is 2.41. The van der Waals surface area contributed by atoms with Crippen molar-refractivity contribution in [1.29, 1.82) is 0 Å². The molecule has 0 saturated carbocycles. The molecule has 0 spiro atoms. The zero-order chi connectivity index (χ0) is 19.9. The molecule has 142 valence electrons. The summed E-state index contributed by atoms with van der Waals surface area (Å²) in [6.07, 6.45) is -0.213. The van der Waals surface area contributed by atoms with Gasteiger partial charge in [0.2, 0.25) is 11.8 Å². The Bertz CT molecular complexity index is 678. The normalized spacial score (nSPS) is 12.8. The van der Waals surface area contributed by atoms with Crippen molar-refractivity contribution >= 4 is 23.8 Å². The molecule has 8 nitrogen and oxygen atoms in total. The quantitative estimate of drug-likeness (QED) is 0.489. The van der Waals surface area contributed by atoms with E-state index in [2.05, 4.69) is 14.8 Å². The lowest BCUT2D eigenvalue weighted by Crippen LogP contribution is -2.53. The molecule has 0 radical (unpaired) electrons. The molecule has 0 aliphatic carbocycles. The fourth-order valence-corrected chi connectivity index (χ4v) is 2.49. The molecular weight excluding hydrogens is 347 g/mol. The Morgan fingerprint density at radius 1 is 1.15 bits per heavy atom. The summed E-state index contributed by atoms with van der Waals surface area (Å²) >= 11 is 0. The molecule has 0 bridgehead atoms. The molecule has 26 heavy (non-hydrogen) atoms. The van der Waals surface area contributed by atoms with Crippen LogP contribution < -0.4 is 11.1 Å². The number of ether oxygens (including phenoxy) is 2. The van der Waals surface area contributed by atoms with Crippen LogP contribution in [-0.2, 0) is 35.1 Å². The van der Waals surface area contributed by atoms with Gasteiger partial charge < -0.3 is 20.5 Å². The summed E-state index contributed by atoms with van der Waals surface area (Å²) in [7, 11) is 2.15. The van der Waals surface area contributed by atoms with E-state index in [9.17, 15) is 23.6 Å². The SMILES string of the molecule is COC(=O)C(C(=O)OC)[C@@H](C)[C@H](NC(=O)Cc1cccc(F)c1)C(N)=O. The van der Waals surface area contributed by atoms with Crippen molar-refractivity contribution in [2.75, 3.05) is 14.2 Å². The largest absolute Gasteiger partial charge is 0.468 e. The Morgan fingerprint density at radius 3 is 2.19 bits per heavy atom. The molecule has 0 aliphatic rings. The summed E-state index contributed by atoms with van der Waals surface area (Å²) in [4.78, 5) is 47.7. The highest BCUT2D eigenvalue weighted by atomic mass is 19.1. The number of benzene rings is 1. The van der Waals surface area contributed by atoms with E-state index in [1.807, 2.05) is 0 Å². The van der Waals surface area contributed by atoms with Crippen molar-refractivity contribution in [2.45, 2.75) is 19.4 Å². The Kier molecular flexibility index (Phi) is 7.70. The van der Waals surface area contributed by atoms with Crippen LogP contribution in [0.1, 0.15) is 12.5 Å². The van der Waals surface area contributed by atoms with E-state index in [4.69, 9.17) is 5.73 Å². The first-order valence-electron chi connectivity index (χ1n) is 7.70. The first-order chi connectivity index (χ1) is 12.2. The molecule has 3 N–H and O–H groups in total. The number of carbonyl (C=O) groups is 4. The van der Waals surface area contributed by atoms with Crippen LogP contribution in [-0.4, -0.2) is 44.0 Å². The maximum Gasteiger partial charge on any atom is 0.320 e. The summed E-state index contributed by atoms with van der Waals surface area (Å²) < 4.78 is 22.3. The summed E-state index contributed by atoms with van der Waals surface area (Å²) in [6, 6.07) is 4.05. The van der Waals surface area contributed by atoms with Gasteiger partial charge in [-0.15, -0.1) is 0 Å². The second-order valence-corrected chi connectivity index (χ2v) is 5.64. The molecule has 2 atom stereocenters. The minimum absolute atomic E-state index is 0.213. The number of carbonyl (C=O) groups excluding carboxylic acids is 4. The predicted octanol–water partition coefficient (Wildman–Crippen LogP) is -0.0634. The zero-order valence-electron chi connectivity index (χ0n) is 14.7. The van der Waals surface area contributed by atoms with Crippen molar-refractivity contribution in [3.8, 4) is 0 Å². The maximum atomic E-state index is 13.2. The van der Waals surface area contributed by atoms with Gasteiger partial charge in [0.1, 0.15) is 11.9 Å². The molecule has 2 amide bonds. The molecule has 1 aromatic carbocycles. The van der Waals surface area contributed by atoms with Crippen LogP contribution in [0.5, 0.6) is 0 Å². The number of amides is 2. The van der Waals surface area contributed by atoms with Crippen LogP contribution in [0.3, 0.4) is 0 Å². The Balaban J connectivity index is 2.95. The molecular formula is C17H21FN2O6. The van der Waals surface area contributed by atoms with Gasteiger partial charge >= 0.3 is 11.9 Å². The molecule has 1 rings (SSSR count). The average molecular weight is 368 g/mol. The van der Waals surface area contributed by atoms with Gasteiger partial charge in [0, 0.05) is 5.92 Å². The highest BCUT2D eigenvalue weighted by molar-refractivity contribution is 5.97. The van der Waals surface area contributed by atoms with Crippen molar-refractivity contribution in [1.82, 2.24) is 5.32 Å². The summed E-state index contributed by atoms with van der Waals surface area (Å²) in [5, 5.41) is 2.37. The number of methoxy groups -OCH3 is 2. The van der Waals surface area contributed by atoms with Gasteiger partial charge in [-0.1, -0.05) is 19.1 Å². The Morgan fingerprint density at radius 2 is 1.73 bits per heavy atom. The third-order valence-corrected chi connectivity index (χ3v) is 3.84. The van der Waals surface area contributed by atoms with Gasteiger partial charge in [0.05, 0.1) is 20.6 Å². The van der Waals surface area contributed by atoms with Crippen molar-refractivity contribution in [2.24, 2.45) is 17.6 Å². The van der Waals surface area contributed by atoms with Gasteiger partial charge in [0.15, 0.2) is 5.92 Å². The van der Waals surface area contributed by atoms with Crippen LogP contribution in [0.2, 0.25) is 0 Å². The molecule has 0 heterocycles. The number of nitrogens with two attached hydrogens (primary N) is 1. The van der Waals surface area contributed by atoms with Crippen molar-refractivity contribution in [3.05, 3.63) is 35.6 Å². The van der Waals surface area contributed by atoms with Gasteiger partial charge in [0.25, 0.3) is 0 Å². The van der Waals surface area contributed by atoms with Crippen molar-refractivity contribution < 1.29 is 33.0 Å². The van der Waals surface area contributed by atoms with Crippen LogP contribution in [0.4, 0.5) is 4.39 Å². The van der Waals surface area contributed by atoms with E-state index in [1.54, 1.807) is 0 Å². The minimum Gasteiger partial charge on any atom is -0.468 e. The number of hydrogen-bond acceptors (Lipinski definition) is 6. The van der Waals surface area contributed by atoms with Gasteiger partial charge in [-0.05, 0) is 17.7 Å². The topological polar surface area (TPSA) is 125 Å². The molecule has 9 heteroatoms. The number of hydrogen-bond donors (Lipinski definition) is 2. The maximum absolute atomic E-state index is 13.2. The van der Waals surface area contributed by atoms with E-state index >= 15 is 0 Å². The Labute approximate surface area is 149 Å². The van der Waals surface area contributed by atoms with E-state index in [0.29, 0.717) is 5.56 Å². The second kappa shape index (κ2) is 9.50. The van der Waals surface area contributed by atoms with Gasteiger partial charge in [-0.3, -0.25) is 19.2 Å². The van der Waals surface area contributed by atoms with Crippen LogP contribution >= 0.6 is 0 Å². The number of nitrogens with one attached hydrogen (secondary N) is 1. The lowest BCUT2D eigenvalue weighted by molar-refractivity contribution is -0.162. The van der Waals surface area contributed by atoms with Crippen molar-refractivity contribution in [3.63, 3.8) is 0 Å². The zero-order valence-corrected chi connectivity index (χ0v) is 14.7. The van der Waals surface area contributed by atoms with Gasteiger partial charge in [-0.2, -0.15) is 0 Å². The molecule has 0 aromatic heterocycles. The Hall–Kier alpha value is -2.97. The number of rotatable bonds is 8. The highest BCUT2D eigenvalue weighted by Crippen LogP contribution is 2.19. The molecule has 0 saturated heterocycles. The third kappa shape index (κ3) is 5.54. The van der Waals surface area contributed by atoms with Crippen LogP contribution in [0.15, 0.2) is 24.3 Å². The van der Waals surface area contributed by atoms with E-state index < -0.39 is 47.4 Å². The monoisotopic (exact) mass is 368 g/mol. The summed E-state index contributed by atoms with van der Waals surface area (Å²) in [6.45, 7) is 1.39. The smallest absolute Gasteiger partial charge is 0.320 e. The van der Waals surface area contributed by atoms with E-state index in [1.165, 1.54) is 31.2 Å². The number of esters is 2.